The van der Waals surface area contributed by atoms with Crippen molar-refractivity contribution in [2.24, 2.45) is 5.73 Å². The van der Waals surface area contributed by atoms with Gasteiger partial charge >= 0.3 is 0 Å². The standard InChI is InChI=1S/C11H19N3/c1-7-5-6-13-10(4)11(7)14-9(3)8(2)12/h5-6,8-9,14H,12H2,1-4H3. The van der Waals surface area contributed by atoms with Crippen molar-refractivity contribution in [3.63, 3.8) is 0 Å². The summed E-state index contributed by atoms with van der Waals surface area (Å²) in [4.78, 5) is 4.25. The van der Waals surface area contributed by atoms with E-state index in [1.54, 1.807) is 0 Å². The molecule has 0 saturated heterocycles. The Balaban J connectivity index is 2.85. The average Bonchev–Trinajstić information content (AvgIpc) is 2.11. The fraction of sp³-hybridized carbons (Fsp3) is 0.545. The maximum Gasteiger partial charge on any atom is 0.0606 e. The quantitative estimate of drug-likeness (QED) is 0.770. The number of aromatic nitrogens is 1. The fourth-order valence-corrected chi connectivity index (χ4v) is 1.27. The van der Waals surface area contributed by atoms with Gasteiger partial charge < -0.3 is 11.1 Å². The van der Waals surface area contributed by atoms with E-state index in [2.05, 4.69) is 24.1 Å². The second-order valence-electron chi connectivity index (χ2n) is 3.88. The largest absolute Gasteiger partial charge is 0.379 e. The van der Waals surface area contributed by atoms with Gasteiger partial charge in [-0.05, 0) is 39.3 Å². The van der Waals surface area contributed by atoms with Crippen LogP contribution in [-0.4, -0.2) is 17.1 Å². The summed E-state index contributed by atoms with van der Waals surface area (Å²) >= 11 is 0. The smallest absolute Gasteiger partial charge is 0.0606 e. The van der Waals surface area contributed by atoms with E-state index >= 15 is 0 Å². The summed E-state index contributed by atoms with van der Waals surface area (Å²) < 4.78 is 0. The number of nitrogens with zero attached hydrogens (tertiary/aromatic N) is 1. The highest BCUT2D eigenvalue weighted by atomic mass is 15.0. The molecular formula is C11H19N3. The van der Waals surface area contributed by atoms with Crippen LogP contribution in [0.5, 0.6) is 0 Å². The molecule has 3 nitrogen and oxygen atoms in total. The zero-order valence-corrected chi connectivity index (χ0v) is 9.33. The summed E-state index contributed by atoms with van der Waals surface area (Å²) in [5.74, 6) is 0. The van der Waals surface area contributed by atoms with Crippen molar-refractivity contribution < 1.29 is 0 Å². The van der Waals surface area contributed by atoms with Gasteiger partial charge in [0.2, 0.25) is 0 Å². The van der Waals surface area contributed by atoms with Crippen LogP contribution in [0.1, 0.15) is 25.1 Å². The molecule has 1 heterocycles. The molecule has 0 aliphatic heterocycles. The van der Waals surface area contributed by atoms with Gasteiger partial charge in [-0.2, -0.15) is 0 Å². The molecule has 1 rings (SSSR count). The van der Waals surface area contributed by atoms with Gasteiger partial charge in [-0.1, -0.05) is 0 Å². The Morgan fingerprint density at radius 3 is 2.50 bits per heavy atom. The van der Waals surface area contributed by atoms with Gasteiger partial charge in [-0.25, -0.2) is 0 Å². The van der Waals surface area contributed by atoms with E-state index in [0.29, 0.717) is 0 Å². The summed E-state index contributed by atoms with van der Waals surface area (Å²) in [5, 5.41) is 3.39. The van der Waals surface area contributed by atoms with Crippen LogP contribution in [0.4, 0.5) is 5.69 Å². The number of aryl methyl sites for hydroxylation is 2. The summed E-state index contributed by atoms with van der Waals surface area (Å²) in [7, 11) is 0. The Labute approximate surface area is 85.7 Å². The van der Waals surface area contributed by atoms with E-state index in [1.165, 1.54) is 5.56 Å². The molecule has 0 fully saturated rings. The van der Waals surface area contributed by atoms with Crippen LogP contribution >= 0.6 is 0 Å². The van der Waals surface area contributed by atoms with Crippen molar-refractivity contribution in [2.45, 2.75) is 39.8 Å². The summed E-state index contributed by atoms with van der Waals surface area (Å²) in [5.41, 5.74) is 9.15. The molecule has 3 heteroatoms. The van der Waals surface area contributed by atoms with E-state index < -0.39 is 0 Å². The van der Waals surface area contributed by atoms with Crippen LogP contribution < -0.4 is 11.1 Å². The first-order chi connectivity index (χ1) is 6.52. The molecule has 0 saturated carbocycles. The molecular weight excluding hydrogens is 174 g/mol. The molecule has 0 amide bonds. The van der Waals surface area contributed by atoms with Crippen molar-refractivity contribution in [2.75, 3.05) is 5.32 Å². The molecule has 2 unspecified atom stereocenters. The van der Waals surface area contributed by atoms with E-state index in [-0.39, 0.29) is 12.1 Å². The summed E-state index contributed by atoms with van der Waals surface area (Å²) in [6.45, 7) is 8.16. The molecule has 0 spiro atoms. The van der Waals surface area contributed by atoms with E-state index in [1.807, 2.05) is 26.1 Å². The predicted octanol–water partition coefficient (Wildman–Crippen LogP) is 1.85. The number of hydrogen-bond donors (Lipinski definition) is 2. The minimum absolute atomic E-state index is 0.133. The van der Waals surface area contributed by atoms with Gasteiger partial charge in [0.15, 0.2) is 0 Å². The number of hydrogen-bond acceptors (Lipinski definition) is 3. The van der Waals surface area contributed by atoms with Crippen LogP contribution in [0, 0.1) is 13.8 Å². The molecule has 0 radical (unpaired) electrons. The number of nitrogens with two attached hydrogens (primary N) is 1. The van der Waals surface area contributed by atoms with Crippen LogP contribution in [0.25, 0.3) is 0 Å². The molecule has 78 valence electrons. The van der Waals surface area contributed by atoms with Crippen LogP contribution in [0.3, 0.4) is 0 Å². The monoisotopic (exact) mass is 193 g/mol. The molecule has 2 atom stereocenters. The highest BCUT2D eigenvalue weighted by Gasteiger charge is 2.10. The molecule has 1 aromatic heterocycles. The van der Waals surface area contributed by atoms with Crippen molar-refractivity contribution in [3.8, 4) is 0 Å². The Kier molecular flexibility index (Phi) is 3.47. The number of pyridine rings is 1. The average molecular weight is 193 g/mol. The van der Waals surface area contributed by atoms with E-state index in [9.17, 15) is 0 Å². The Hall–Kier alpha value is -1.09. The summed E-state index contributed by atoms with van der Waals surface area (Å²) in [6, 6.07) is 2.40. The maximum absolute atomic E-state index is 5.80. The Morgan fingerprint density at radius 2 is 2.00 bits per heavy atom. The van der Waals surface area contributed by atoms with Crippen molar-refractivity contribution in [3.05, 3.63) is 23.5 Å². The first-order valence-electron chi connectivity index (χ1n) is 4.96. The third-order valence-corrected chi connectivity index (χ3v) is 2.51. The Morgan fingerprint density at radius 1 is 1.36 bits per heavy atom. The van der Waals surface area contributed by atoms with Crippen LogP contribution in [0.15, 0.2) is 12.3 Å². The predicted molar refractivity (Wildman–Crippen MR) is 60.4 cm³/mol. The lowest BCUT2D eigenvalue weighted by Crippen LogP contribution is -2.35. The molecule has 3 N–H and O–H groups in total. The second kappa shape index (κ2) is 4.42. The molecule has 14 heavy (non-hydrogen) atoms. The van der Waals surface area contributed by atoms with E-state index in [0.717, 1.165) is 11.4 Å². The van der Waals surface area contributed by atoms with Gasteiger partial charge in [0.05, 0.1) is 11.4 Å². The number of nitrogens with one attached hydrogen (secondary N) is 1. The Bertz CT molecular complexity index is 287. The van der Waals surface area contributed by atoms with Crippen molar-refractivity contribution >= 4 is 5.69 Å². The SMILES string of the molecule is Cc1ccnc(C)c1NC(C)C(C)N. The summed E-state index contributed by atoms with van der Waals surface area (Å²) in [6.07, 6.45) is 1.83. The highest BCUT2D eigenvalue weighted by Crippen LogP contribution is 2.18. The third-order valence-electron chi connectivity index (χ3n) is 2.51. The molecule has 1 aromatic rings. The van der Waals surface area contributed by atoms with Crippen LogP contribution in [-0.2, 0) is 0 Å². The molecule has 0 aliphatic carbocycles. The second-order valence-corrected chi connectivity index (χ2v) is 3.88. The van der Waals surface area contributed by atoms with Crippen LogP contribution in [0.2, 0.25) is 0 Å². The van der Waals surface area contributed by atoms with E-state index in [4.69, 9.17) is 5.73 Å². The highest BCUT2D eigenvalue weighted by molar-refractivity contribution is 5.54. The molecule has 0 bridgehead atoms. The van der Waals surface area contributed by atoms with Gasteiger partial charge in [-0.3, -0.25) is 4.98 Å². The topological polar surface area (TPSA) is 50.9 Å². The van der Waals surface area contributed by atoms with Gasteiger partial charge in [0.25, 0.3) is 0 Å². The van der Waals surface area contributed by atoms with Gasteiger partial charge in [0.1, 0.15) is 0 Å². The normalized spacial score (nSPS) is 14.9. The minimum atomic E-state index is 0.133. The molecule has 0 aromatic carbocycles. The van der Waals surface area contributed by atoms with Crippen molar-refractivity contribution in [1.29, 1.82) is 0 Å². The number of anilines is 1. The molecule has 0 aliphatic rings. The minimum Gasteiger partial charge on any atom is -0.379 e. The van der Waals surface area contributed by atoms with Crippen molar-refractivity contribution in [1.82, 2.24) is 4.98 Å². The first-order valence-corrected chi connectivity index (χ1v) is 4.96. The zero-order chi connectivity index (χ0) is 10.7. The number of rotatable bonds is 3. The third kappa shape index (κ3) is 2.45. The van der Waals surface area contributed by atoms with Gasteiger partial charge in [-0.15, -0.1) is 0 Å². The fourth-order valence-electron chi connectivity index (χ4n) is 1.27. The lowest BCUT2D eigenvalue weighted by molar-refractivity contribution is 0.637. The van der Waals surface area contributed by atoms with Gasteiger partial charge in [0, 0.05) is 18.3 Å². The first kappa shape index (κ1) is 11.0. The lowest BCUT2D eigenvalue weighted by Gasteiger charge is -2.21. The maximum atomic E-state index is 5.80. The lowest BCUT2D eigenvalue weighted by atomic mass is 10.1. The zero-order valence-electron chi connectivity index (χ0n) is 9.33.